The van der Waals surface area contributed by atoms with E-state index in [0.29, 0.717) is 0 Å². The van der Waals surface area contributed by atoms with Crippen LogP contribution < -0.4 is 11.2 Å². The molecule has 3 heterocycles. The summed E-state index contributed by atoms with van der Waals surface area (Å²) < 4.78 is 49.3. The summed E-state index contributed by atoms with van der Waals surface area (Å²) in [5, 5.41) is 24.5. The van der Waals surface area contributed by atoms with Gasteiger partial charge in [-0.05, 0) is 17.7 Å². The van der Waals surface area contributed by atoms with Crippen molar-refractivity contribution in [3.05, 3.63) is 78.1 Å². The maximum Gasteiger partial charge on any atom is 0.475 e. The van der Waals surface area contributed by atoms with Crippen molar-refractivity contribution in [1.82, 2.24) is 9.55 Å². The molecule has 1 unspecified atom stereocenters. The predicted molar refractivity (Wildman–Crippen MR) is 115 cm³/mol. The molecule has 17 heteroatoms. The summed E-state index contributed by atoms with van der Waals surface area (Å²) in [4.78, 5) is 27.9. The highest BCUT2D eigenvalue weighted by molar-refractivity contribution is 7.48. The Balaban J connectivity index is 1.56. The van der Waals surface area contributed by atoms with Crippen LogP contribution in [0.25, 0.3) is 10.4 Å². The first-order valence-corrected chi connectivity index (χ1v) is 11.9. The number of hydrogen-bond acceptors (Lipinski definition) is 10. The summed E-state index contributed by atoms with van der Waals surface area (Å²) in [6.07, 6.45) is -5.33. The van der Waals surface area contributed by atoms with Crippen LogP contribution in [0.5, 0.6) is 0 Å². The number of aromatic nitrogens is 2. The highest BCUT2D eigenvalue weighted by Crippen LogP contribution is 2.58. The zero-order chi connectivity index (χ0) is 25.4. The van der Waals surface area contributed by atoms with Crippen LogP contribution in [0.15, 0.2) is 45.2 Å². The number of hydrogen-bond donors (Lipinski definition) is 3. The number of halogens is 2. The van der Waals surface area contributed by atoms with Gasteiger partial charge in [-0.25, -0.2) is 13.8 Å². The number of H-pyrrole nitrogens is 1. The Morgan fingerprint density at radius 1 is 1.40 bits per heavy atom. The van der Waals surface area contributed by atoms with Gasteiger partial charge in [0.1, 0.15) is 18.0 Å². The Bertz CT molecular complexity index is 1330. The van der Waals surface area contributed by atoms with Crippen LogP contribution >= 0.6 is 19.4 Å². The molecule has 3 N–H and O–H groups in total. The molecule has 0 aliphatic carbocycles. The molecular weight excluding hydrogens is 516 g/mol. The SMILES string of the molecule is [N-]=[N+]=N[C@]1(COP2(=O)OCC[C@@H](c3ccc(Cl)cc3F)O2)O[C@@H](n2ccc(=O)[nH]c2=O)[C@H](O)[C@@H]1O. The summed E-state index contributed by atoms with van der Waals surface area (Å²) in [5.41, 5.74) is 4.99. The number of azide groups is 1. The number of benzene rings is 1. The van der Waals surface area contributed by atoms with E-state index >= 15 is 0 Å². The Morgan fingerprint density at radius 3 is 2.86 bits per heavy atom. The smallest absolute Gasteiger partial charge is 0.387 e. The van der Waals surface area contributed by atoms with E-state index in [1.165, 1.54) is 12.1 Å². The Morgan fingerprint density at radius 2 is 2.17 bits per heavy atom. The largest absolute Gasteiger partial charge is 0.475 e. The van der Waals surface area contributed by atoms with Crippen molar-refractivity contribution in [1.29, 1.82) is 0 Å². The van der Waals surface area contributed by atoms with Crippen LogP contribution in [0.2, 0.25) is 5.02 Å². The number of nitrogens with one attached hydrogen (secondary N) is 1. The minimum atomic E-state index is -4.41. The lowest BCUT2D eigenvalue weighted by atomic mass is 10.1. The molecule has 1 aromatic heterocycles. The van der Waals surface area contributed by atoms with Gasteiger partial charge in [0.05, 0.1) is 19.3 Å². The maximum absolute atomic E-state index is 14.3. The summed E-state index contributed by atoms with van der Waals surface area (Å²) in [7, 11) is -4.41. The van der Waals surface area contributed by atoms with E-state index < -0.39 is 61.8 Å². The van der Waals surface area contributed by atoms with Crippen molar-refractivity contribution in [3.8, 4) is 0 Å². The number of phosphoric ester groups is 1. The van der Waals surface area contributed by atoms with Gasteiger partial charge < -0.3 is 14.9 Å². The molecule has 0 bridgehead atoms. The second kappa shape index (κ2) is 9.82. The Hall–Kier alpha value is -2.58. The van der Waals surface area contributed by atoms with Gasteiger partial charge >= 0.3 is 13.5 Å². The molecule has 4 rings (SSSR count). The molecule has 2 aromatic rings. The lowest BCUT2D eigenvalue weighted by molar-refractivity contribution is -0.127. The van der Waals surface area contributed by atoms with Crippen LogP contribution in [0, 0.1) is 5.82 Å². The molecule has 0 spiro atoms. The van der Waals surface area contributed by atoms with Crippen LogP contribution in [0.4, 0.5) is 4.39 Å². The van der Waals surface area contributed by atoms with Gasteiger partial charge in [-0.15, -0.1) is 0 Å². The number of aromatic amines is 1. The molecule has 35 heavy (non-hydrogen) atoms. The first-order chi connectivity index (χ1) is 16.6. The number of nitrogens with zero attached hydrogens (tertiary/aromatic N) is 4. The summed E-state index contributed by atoms with van der Waals surface area (Å²) in [6, 6.07) is 4.79. The molecule has 14 nitrogen and oxygen atoms in total. The monoisotopic (exact) mass is 533 g/mol. The van der Waals surface area contributed by atoms with Crippen molar-refractivity contribution in [2.24, 2.45) is 5.11 Å². The highest BCUT2D eigenvalue weighted by Gasteiger charge is 2.56. The third-order valence-electron chi connectivity index (χ3n) is 5.37. The van der Waals surface area contributed by atoms with E-state index in [0.717, 1.165) is 22.9 Å². The Kier molecular flexibility index (Phi) is 7.16. The third-order valence-corrected chi connectivity index (χ3v) is 7.06. The average Bonchev–Trinajstić information content (AvgIpc) is 3.04. The highest BCUT2D eigenvalue weighted by atomic mass is 35.5. The third kappa shape index (κ3) is 5.05. The fraction of sp³-hybridized carbons (Fsp3) is 0.444. The number of ether oxygens (including phenoxy) is 1. The van der Waals surface area contributed by atoms with Gasteiger partial charge in [0.15, 0.2) is 6.23 Å². The molecule has 0 radical (unpaired) electrons. The maximum atomic E-state index is 14.3. The molecular formula is C18H18ClFN5O9P. The first kappa shape index (κ1) is 25.5. The normalized spacial score (nSPS) is 32.8. The molecule has 2 aliphatic rings. The quantitative estimate of drug-likeness (QED) is 0.215. The summed E-state index contributed by atoms with van der Waals surface area (Å²) >= 11 is 5.76. The number of rotatable bonds is 6. The van der Waals surface area contributed by atoms with Crippen molar-refractivity contribution in [3.63, 3.8) is 0 Å². The number of aliphatic hydroxyl groups excluding tert-OH is 2. The summed E-state index contributed by atoms with van der Waals surface area (Å²) in [5.74, 6) is -0.701. The molecule has 1 aromatic carbocycles. The molecule has 6 atom stereocenters. The van der Waals surface area contributed by atoms with Crippen molar-refractivity contribution in [2.75, 3.05) is 13.2 Å². The molecule has 188 valence electrons. The molecule has 2 aliphatic heterocycles. The molecule has 2 saturated heterocycles. The van der Waals surface area contributed by atoms with Gasteiger partial charge in [0.25, 0.3) is 5.56 Å². The summed E-state index contributed by atoms with van der Waals surface area (Å²) in [6.45, 7) is -1.10. The average molecular weight is 534 g/mol. The fourth-order valence-electron chi connectivity index (χ4n) is 3.65. The van der Waals surface area contributed by atoms with Crippen LogP contribution in [-0.4, -0.2) is 50.9 Å². The topological polar surface area (TPSA) is 198 Å². The van der Waals surface area contributed by atoms with Gasteiger partial charge in [-0.2, -0.15) is 0 Å². The van der Waals surface area contributed by atoms with Gasteiger partial charge in [-0.3, -0.25) is 27.9 Å². The zero-order valence-electron chi connectivity index (χ0n) is 17.6. The van der Waals surface area contributed by atoms with Crippen LogP contribution in [-0.2, 0) is 22.9 Å². The molecule has 2 fully saturated rings. The van der Waals surface area contributed by atoms with E-state index in [2.05, 4.69) is 10.0 Å². The second-order valence-corrected chi connectivity index (χ2v) is 9.66. The van der Waals surface area contributed by atoms with E-state index in [-0.39, 0.29) is 23.6 Å². The van der Waals surface area contributed by atoms with Gasteiger partial charge in [-0.1, -0.05) is 22.8 Å². The van der Waals surface area contributed by atoms with E-state index in [1.807, 2.05) is 4.98 Å². The Labute approximate surface area is 200 Å². The lowest BCUT2D eigenvalue weighted by Gasteiger charge is -2.32. The van der Waals surface area contributed by atoms with Gasteiger partial charge in [0, 0.05) is 34.2 Å². The van der Waals surface area contributed by atoms with E-state index in [1.54, 1.807) is 0 Å². The minimum Gasteiger partial charge on any atom is -0.387 e. The van der Waals surface area contributed by atoms with E-state index in [4.69, 9.17) is 35.4 Å². The standard InChI is InChI=1S/C18H18ClFN5O9P/c19-9-1-2-10(11(20)7-9)12-4-6-31-35(30,34-12)32-8-18(23-24-21)15(28)14(27)16(33-18)25-5-3-13(26)22-17(25)29/h1-3,5,7,12,14-16,27-28H,4,6,8H2,(H,22,26,29)/t12-,14+,15-,16+,18+,35?/m0/s1. The van der Waals surface area contributed by atoms with Gasteiger partial charge in [0.2, 0.25) is 5.72 Å². The second-order valence-electron chi connectivity index (χ2n) is 7.60. The van der Waals surface area contributed by atoms with Crippen LogP contribution in [0.1, 0.15) is 24.3 Å². The van der Waals surface area contributed by atoms with Crippen molar-refractivity contribution >= 4 is 19.4 Å². The van der Waals surface area contributed by atoms with Crippen molar-refractivity contribution in [2.45, 2.75) is 36.7 Å². The molecule has 0 saturated carbocycles. The fourth-order valence-corrected chi connectivity index (χ4v) is 5.21. The minimum absolute atomic E-state index is 0.0522. The number of aliphatic hydroxyl groups is 2. The predicted octanol–water partition coefficient (Wildman–Crippen LogP) is 1.89. The lowest BCUT2D eigenvalue weighted by Crippen LogP contribution is -2.45. The van der Waals surface area contributed by atoms with Crippen LogP contribution in [0.3, 0.4) is 0 Å². The molecule has 0 amide bonds. The number of phosphoric acid groups is 1. The van der Waals surface area contributed by atoms with E-state index in [9.17, 15) is 28.8 Å². The first-order valence-electron chi connectivity index (χ1n) is 10.0. The van der Waals surface area contributed by atoms with Crippen molar-refractivity contribution < 1.29 is 37.5 Å². The zero-order valence-corrected chi connectivity index (χ0v) is 19.2.